The number of thiazole rings is 1. The minimum atomic E-state index is 0.840. The fourth-order valence-electron chi connectivity index (χ4n) is 2.03. The number of benzene rings is 1. The van der Waals surface area contributed by atoms with Gasteiger partial charge in [0, 0.05) is 0 Å². The number of imidazole rings is 1. The molecule has 0 saturated carbocycles. The molecule has 3 rings (SSSR count). The third kappa shape index (κ3) is 2.23. The van der Waals surface area contributed by atoms with Crippen molar-refractivity contribution in [3.05, 3.63) is 46.4 Å². The van der Waals surface area contributed by atoms with Crippen molar-refractivity contribution >= 4 is 33.8 Å². The van der Waals surface area contributed by atoms with Gasteiger partial charge in [0.25, 0.3) is 0 Å². The highest BCUT2D eigenvalue weighted by atomic mass is 32.1. The summed E-state index contributed by atoms with van der Waals surface area (Å²) in [4.78, 5) is 3.22. The number of hydrogen-bond acceptors (Lipinski definition) is 2. The lowest BCUT2D eigenvalue weighted by atomic mass is 10.2. The minimum absolute atomic E-state index is 0.840. The van der Waals surface area contributed by atoms with Gasteiger partial charge in [-0.3, -0.25) is 0 Å². The minimum Gasteiger partial charge on any atom is -0.337 e. The van der Waals surface area contributed by atoms with Gasteiger partial charge in [-0.15, -0.1) is 11.3 Å². The first-order valence-electron chi connectivity index (χ1n) is 5.91. The summed E-state index contributed by atoms with van der Waals surface area (Å²) in [5.41, 5.74) is 2.42. The van der Waals surface area contributed by atoms with Crippen molar-refractivity contribution in [3.63, 3.8) is 0 Å². The molecule has 0 atom stereocenters. The number of nitrogens with zero attached hydrogens (tertiary/aromatic N) is 2. The molecule has 3 aromatic rings. The molecule has 0 bridgehead atoms. The van der Waals surface area contributed by atoms with E-state index in [4.69, 9.17) is 12.2 Å². The van der Waals surface area contributed by atoms with E-state index in [1.165, 1.54) is 10.3 Å². The summed E-state index contributed by atoms with van der Waals surface area (Å²) in [6, 6.07) is 6.48. The van der Waals surface area contributed by atoms with Crippen LogP contribution in [0.5, 0.6) is 0 Å². The van der Waals surface area contributed by atoms with Crippen molar-refractivity contribution in [2.24, 2.45) is 0 Å². The fraction of sp³-hybridized carbons (Fsp3) is 0.231. The van der Waals surface area contributed by atoms with Crippen LogP contribution < -0.4 is 4.57 Å². The Bertz CT molecular complexity index is 736. The first kappa shape index (κ1) is 11.6. The summed E-state index contributed by atoms with van der Waals surface area (Å²) in [6.07, 6.45) is 6.32. The Morgan fingerprint density at radius 3 is 3.11 bits per heavy atom. The van der Waals surface area contributed by atoms with E-state index >= 15 is 0 Å². The highest BCUT2D eigenvalue weighted by Crippen LogP contribution is 2.20. The molecule has 0 saturated heterocycles. The van der Waals surface area contributed by atoms with Crippen LogP contribution in [-0.2, 0) is 13.1 Å². The molecule has 0 aliphatic carbocycles. The second-order valence-electron chi connectivity index (χ2n) is 4.26. The summed E-state index contributed by atoms with van der Waals surface area (Å²) in [5.74, 6) is 0. The topological polar surface area (TPSA) is 24.6 Å². The molecule has 0 unspecified atom stereocenters. The van der Waals surface area contributed by atoms with E-state index < -0.39 is 0 Å². The van der Waals surface area contributed by atoms with Crippen LogP contribution in [0.2, 0.25) is 0 Å². The number of aryl methyl sites for hydroxylation is 1. The molecule has 0 spiro atoms. The summed E-state index contributed by atoms with van der Waals surface area (Å²) < 4.78 is 6.41. The molecule has 0 radical (unpaired) electrons. The SMILES string of the molecule is CCn1cc[n+](Cc2ccc3sc(=S)[nH]c3c2)c1. The number of aromatic amines is 1. The van der Waals surface area contributed by atoms with Crippen molar-refractivity contribution < 1.29 is 4.57 Å². The molecule has 0 aliphatic rings. The summed E-state index contributed by atoms with van der Waals surface area (Å²) in [5, 5.41) is 0. The van der Waals surface area contributed by atoms with Gasteiger partial charge < -0.3 is 4.98 Å². The lowest BCUT2D eigenvalue weighted by molar-refractivity contribution is -0.687. The summed E-state index contributed by atoms with van der Waals surface area (Å²) in [7, 11) is 0. The van der Waals surface area contributed by atoms with Crippen LogP contribution in [0.4, 0.5) is 0 Å². The van der Waals surface area contributed by atoms with Crippen molar-refractivity contribution in [2.45, 2.75) is 20.0 Å². The molecule has 1 N–H and O–H groups in total. The number of H-pyrrole nitrogens is 1. The van der Waals surface area contributed by atoms with E-state index in [1.54, 1.807) is 11.3 Å². The maximum absolute atomic E-state index is 5.16. The van der Waals surface area contributed by atoms with Crippen LogP contribution in [-0.4, -0.2) is 9.55 Å². The molecule has 2 aromatic heterocycles. The average molecular weight is 276 g/mol. The van der Waals surface area contributed by atoms with Crippen molar-refractivity contribution in [2.75, 3.05) is 0 Å². The van der Waals surface area contributed by atoms with E-state index in [9.17, 15) is 0 Å². The van der Waals surface area contributed by atoms with Crippen LogP contribution in [0.3, 0.4) is 0 Å². The molecule has 5 heteroatoms. The Labute approximate surface area is 114 Å². The highest BCUT2D eigenvalue weighted by Gasteiger charge is 2.05. The van der Waals surface area contributed by atoms with E-state index in [1.807, 2.05) is 0 Å². The van der Waals surface area contributed by atoms with E-state index in [2.05, 4.69) is 58.0 Å². The molecule has 3 nitrogen and oxygen atoms in total. The first-order valence-corrected chi connectivity index (χ1v) is 7.13. The Morgan fingerprint density at radius 1 is 1.44 bits per heavy atom. The lowest BCUT2D eigenvalue weighted by Crippen LogP contribution is -2.31. The van der Waals surface area contributed by atoms with Crippen LogP contribution in [0.1, 0.15) is 12.5 Å². The summed E-state index contributed by atoms with van der Waals surface area (Å²) in [6.45, 7) is 4.03. The van der Waals surface area contributed by atoms with Crippen molar-refractivity contribution in [1.82, 2.24) is 9.55 Å². The Kier molecular flexibility index (Phi) is 3.01. The number of aromatic nitrogens is 3. The monoisotopic (exact) mass is 276 g/mol. The van der Waals surface area contributed by atoms with Gasteiger partial charge in [0.15, 0.2) is 3.95 Å². The molecule has 92 valence electrons. The number of fused-ring (bicyclic) bond motifs is 1. The van der Waals surface area contributed by atoms with E-state index in [0.29, 0.717) is 0 Å². The predicted molar refractivity (Wildman–Crippen MR) is 76.4 cm³/mol. The normalized spacial score (nSPS) is 11.2. The van der Waals surface area contributed by atoms with Gasteiger partial charge in [-0.1, -0.05) is 6.07 Å². The molecule has 2 heterocycles. The standard InChI is InChI=1S/C13H13N3S2/c1-2-15-5-6-16(9-15)8-10-3-4-12-11(7-10)14-13(17)18-12/h3-7,9H,2,8H2,1H3/p+1. The van der Waals surface area contributed by atoms with Crippen molar-refractivity contribution in [3.8, 4) is 0 Å². The first-order chi connectivity index (χ1) is 8.74. The van der Waals surface area contributed by atoms with Gasteiger partial charge in [0.05, 0.1) is 16.8 Å². The third-order valence-electron chi connectivity index (χ3n) is 2.96. The van der Waals surface area contributed by atoms with Crippen LogP contribution in [0.25, 0.3) is 10.2 Å². The fourth-order valence-corrected chi connectivity index (χ4v) is 3.12. The van der Waals surface area contributed by atoms with E-state index in [0.717, 1.165) is 22.6 Å². The Balaban J connectivity index is 1.91. The second kappa shape index (κ2) is 4.66. The van der Waals surface area contributed by atoms with Gasteiger partial charge >= 0.3 is 0 Å². The quantitative estimate of drug-likeness (QED) is 0.577. The zero-order valence-electron chi connectivity index (χ0n) is 10.1. The predicted octanol–water partition coefficient (Wildman–Crippen LogP) is 3.12. The Morgan fingerprint density at radius 2 is 2.33 bits per heavy atom. The Hall–Kier alpha value is -1.46. The third-order valence-corrected chi connectivity index (χ3v) is 4.18. The van der Waals surface area contributed by atoms with Crippen LogP contribution in [0, 0.1) is 3.95 Å². The molecular formula is C13H14N3S2+. The number of nitrogens with one attached hydrogen (secondary N) is 1. The molecule has 0 fully saturated rings. The van der Waals surface area contributed by atoms with Gasteiger partial charge in [0.2, 0.25) is 6.33 Å². The van der Waals surface area contributed by atoms with Gasteiger partial charge in [-0.25, -0.2) is 9.13 Å². The van der Waals surface area contributed by atoms with E-state index in [-0.39, 0.29) is 0 Å². The zero-order valence-corrected chi connectivity index (χ0v) is 11.7. The van der Waals surface area contributed by atoms with Crippen LogP contribution >= 0.6 is 23.6 Å². The maximum Gasteiger partial charge on any atom is 0.244 e. The molecular weight excluding hydrogens is 262 g/mol. The van der Waals surface area contributed by atoms with Crippen molar-refractivity contribution in [1.29, 1.82) is 0 Å². The highest BCUT2D eigenvalue weighted by molar-refractivity contribution is 7.73. The molecule has 1 aromatic carbocycles. The molecule has 0 amide bonds. The average Bonchev–Trinajstić information content (AvgIpc) is 2.94. The second-order valence-corrected chi connectivity index (χ2v) is 5.98. The largest absolute Gasteiger partial charge is 0.337 e. The molecule has 18 heavy (non-hydrogen) atoms. The lowest BCUT2D eigenvalue weighted by Gasteiger charge is -1.98. The maximum atomic E-state index is 5.16. The number of hydrogen-bond donors (Lipinski definition) is 1. The summed E-state index contributed by atoms with van der Waals surface area (Å²) >= 11 is 6.78. The van der Waals surface area contributed by atoms with Crippen LogP contribution in [0.15, 0.2) is 36.9 Å². The van der Waals surface area contributed by atoms with Gasteiger partial charge in [-0.2, -0.15) is 0 Å². The molecule has 0 aliphatic heterocycles. The zero-order chi connectivity index (χ0) is 12.5. The smallest absolute Gasteiger partial charge is 0.244 e. The van der Waals surface area contributed by atoms with Gasteiger partial charge in [0.1, 0.15) is 18.9 Å². The van der Waals surface area contributed by atoms with Gasteiger partial charge in [-0.05, 0) is 36.8 Å². The number of rotatable bonds is 3.